The summed E-state index contributed by atoms with van der Waals surface area (Å²) in [6.45, 7) is 4.15. The summed E-state index contributed by atoms with van der Waals surface area (Å²) in [5.41, 5.74) is 5.95. The van der Waals surface area contributed by atoms with Crippen LogP contribution in [0.1, 0.15) is 36.8 Å². The Hall–Kier alpha value is -3.02. The third kappa shape index (κ3) is 3.74. The van der Waals surface area contributed by atoms with Crippen molar-refractivity contribution in [3.8, 4) is 0 Å². The largest absolute Gasteiger partial charge is 0.370 e. The zero-order valence-corrected chi connectivity index (χ0v) is 17.2. The number of amides is 2. The van der Waals surface area contributed by atoms with E-state index in [0.29, 0.717) is 6.42 Å². The minimum atomic E-state index is -0.0219. The van der Waals surface area contributed by atoms with Crippen molar-refractivity contribution in [1.82, 2.24) is 0 Å². The van der Waals surface area contributed by atoms with E-state index in [1.54, 1.807) is 0 Å². The van der Waals surface area contributed by atoms with Crippen molar-refractivity contribution in [1.29, 1.82) is 0 Å². The van der Waals surface area contributed by atoms with Crippen molar-refractivity contribution < 1.29 is 9.59 Å². The van der Waals surface area contributed by atoms with Gasteiger partial charge in [-0.15, -0.1) is 0 Å². The van der Waals surface area contributed by atoms with E-state index in [0.717, 1.165) is 60.1 Å². The average molecular weight is 405 g/mol. The van der Waals surface area contributed by atoms with Gasteiger partial charge in [-0.25, -0.2) is 0 Å². The molecule has 2 aromatic carbocycles. The van der Waals surface area contributed by atoms with E-state index in [1.807, 2.05) is 18.2 Å². The molecule has 0 spiro atoms. The number of fused-ring (bicyclic) bond motifs is 1. The quantitative estimate of drug-likeness (QED) is 0.800. The molecule has 3 aliphatic rings. The first-order valence-corrected chi connectivity index (χ1v) is 11.0. The van der Waals surface area contributed by atoms with Crippen LogP contribution >= 0.6 is 0 Å². The van der Waals surface area contributed by atoms with Crippen LogP contribution < -0.4 is 20.4 Å². The van der Waals surface area contributed by atoms with Gasteiger partial charge in [0.1, 0.15) is 0 Å². The van der Waals surface area contributed by atoms with Gasteiger partial charge < -0.3 is 20.4 Å². The molecule has 2 amide bonds. The van der Waals surface area contributed by atoms with Crippen LogP contribution in [0.4, 0.5) is 22.7 Å². The second kappa shape index (κ2) is 8.01. The van der Waals surface area contributed by atoms with Crippen molar-refractivity contribution in [3.63, 3.8) is 0 Å². The molecular formula is C24H28N4O2. The highest BCUT2D eigenvalue weighted by Crippen LogP contribution is 2.38. The maximum Gasteiger partial charge on any atom is 0.228 e. The first kappa shape index (κ1) is 19.0. The summed E-state index contributed by atoms with van der Waals surface area (Å²) < 4.78 is 0. The molecule has 0 radical (unpaired) electrons. The van der Waals surface area contributed by atoms with Crippen molar-refractivity contribution in [2.24, 2.45) is 0 Å². The van der Waals surface area contributed by atoms with Crippen LogP contribution in [-0.4, -0.2) is 38.0 Å². The summed E-state index contributed by atoms with van der Waals surface area (Å²) in [6.07, 6.45) is 5.50. The summed E-state index contributed by atoms with van der Waals surface area (Å²) in [6, 6.07) is 12.2. The molecule has 0 atom stereocenters. The van der Waals surface area contributed by atoms with Crippen LogP contribution in [0.15, 0.2) is 36.4 Å². The lowest BCUT2D eigenvalue weighted by Crippen LogP contribution is -2.25. The number of nitrogens with zero attached hydrogens (tertiary/aromatic N) is 2. The molecule has 3 heterocycles. The van der Waals surface area contributed by atoms with E-state index in [-0.39, 0.29) is 18.2 Å². The van der Waals surface area contributed by atoms with Crippen LogP contribution in [-0.2, 0) is 22.4 Å². The Bertz CT molecular complexity index is 941. The van der Waals surface area contributed by atoms with Crippen LogP contribution in [0, 0.1) is 0 Å². The summed E-state index contributed by atoms with van der Waals surface area (Å²) in [5, 5.41) is 6.12. The molecule has 0 bridgehead atoms. The van der Waals surface area contributed by atoms with Gasteiger partial charge in [-0.2, -0.15) is 0 Å². The Morgan fingerprint density at radius 2 is 1.57 bits per heavy atom. The number of anilines is 4. The average Bonchev–Trinajstić information content (AvgIpc) is 3.49. The predicted molar refractivity (Wildman–Crippen MR) is 120 cm³/mol. The van der Waals surface area contributed by atoms with Crippen LogP contribution in [0.3, 0.4) is 0 Å². The normalized spacial score (nSPS) is 17.9. The lowest BCUT2D eigenvalue weighted by atomic mass is 10.1. The predicted octanol–water partition coefficient (Wildman–Crippen LogP) is 3.56. The second-order valence-corrected chi connectivity index (χ2v) is 8.50. The molecule has 0 aliphatic carbocycles. The van der Waals surface area contributed by atoms with Crippen molar-refractivity contribution in [3.05, 3.63) is 47.5 Å². The SMILES string of the molecule is O=C1Cc2ccc(CC(=O)Nc3c(N4CCCC4)cccc3N3CCCC3)cc2N1. The number of nitrogens with one attached hydrogen (secondary N) is 2. The van der Waals surface area contributed by atoms with Gasteiger partial charge in [0.25, 0.3) is 0 Å². The van der Waals surface area contributed by atoms with Gasteiger partial charge >= 0.3 is 0 Å². The molecule has 0 unspecified atom stereocenters. The fourth-order valence-corrected chi connectivity index (χ4v) is 4.84. The van der Waals surface area contributed by atoms with E-state index in [1.165, 1.54) is 25.7 Å². The number of hydrogen-bond donors (Lipinski definition) is 2. The van der Waals surface area contributed by atoms with Crippen molar-refractivity contribution in [2.75, 3.05) is 46.6 Å². The zero-order chi connectivity index (χ0) is 20.5. The number of benzene rings is 2. The molecule has 3 aliphatic heterocycles. The maximum absolute atomic E-state index is 13.0. The number of carbonyl (C=O) groups is 2. The highest BCUT2D eigenvalue weighted by molar-refractivity contribution is 6.01. The number of carbonyl (C=O) groups excluding carboxylic acids is 2. The highest BCUT2D eigenvalue weighted by atomic mass is 16.2. The first-order chi connectivity index (χ1) is 14.7. The van der Waals surface area contributed by atoms with Gasteiger partial charge in [-0.3, -0.25) is 9.59 Å². The standard InChI is InChI=1S/C24H28N4O2/c29-22(15-17-8-9-18-16-23(30)25-19(18)14-17)26-24-20(27-10-1-2-11-27)6-5-7-21(24)28-12-3-4-13-28/h5-9,14H,1-4,10-13,15-16H2,(H,25,30)(H,26,29). The molecule has 30 heavy (non-hydrogen) atoms. The summed E-state index contributed by atoms with van der Waals surface area (Å²) >= 11 is 0. The van der Waals surface area contributed by atoms with Crippen LogP contribution in [0.2, 0.25) is 0 Å². The fraction of sp³-hybridized carbons (Fsp3) is 0.417. The topological polar surface area (TPSA) is 64.7 Å². The molecule has 5 rings (SSSR count). The smallest absolute Gasteiger partial charge is 0.228 e. The molecule has 156 valence electrons. The Labute approximate surface area is 177 Å². The molecule has 6 nitrogen and oxygen atoms in total. The molecule has 2 aromatic rings. The summed E-state index contributed by atoms with van der Waals surface area (Å²) in [5.74, 6) is -0.00670. The molecule has 0 saturated carbocycles. The third-order valence-corrected chi connectivity index (χ3v) is 6.34. The monoisotopic (exact) mass is 404 g/mol. The van der Waals surface area contributed by atoms with E-state index >= 15 is 0 Å². The number of rotatable bonds is 5. The van der Waals surface area contributed by atoms with Crippen LogP contribution in [0.25, 0.3) is 0 Å². The Morgan fingerprint density at radius 3 is 2.20 bits per heavy atom. The van der Waals surface area contributed by atoms with E-state index in [2.05, 4.69) is 38.6 Å². The summed E-state index contributed by atoms with van der Waals surface area (Å²) in [4.78, 5) is 29.4. The van der Waals surface area contributed by atoms with Crippen molar-refractivity contribution >= 4 is 34.6 Å². The van der Waals surface area contributed by atoms with Gasteiger partial charge in [0, 0.05) is 31.9 Å². The maximum atomic E-state index is 13.0. The van der Waals surface area contributed by atoms with Gasteiger partial charge in [0.2, 0.25) is 11.8 Å². The van der Waals surface area contributed by atoms with E-state index in [9.17, 15) is 9.59 Å². The van der Waals surface area contributed by atoms with Gasteiger partial charge in [-0.1, -0.05) is 18.2 Å². The molecule has 6 heteroatoms. The van der Waals surface area contributed by atoms with Gasteiger partial charge in [-0.05, 0) is 55.0 Å². The Kier molecular flexibility index (Phi) is 5.07. The first-order valence-electron chi connectivity index (χ1n) is 11.0. The Morgan fingerprint density at radius 1 is 0.933 bits per heavy atom. The molecule has 2 saturated heterocycles. The van der Waals surface area contributed by atoms with Gasteiger partial charge in [0.15, 0.2) is 0 Å². The summed E-state index contributed by atoms with van der Waals surface area (Å²) in [7, 11) is 0. The minimum Gasteiger partial charge on any atom is -0.370 e. The number of hydrogen-bond acceptors (Lipinski definition) is 4. The van der Waals surface area contributed by atoms with Crippen molar-refractivity contribution in [2.45, 2.75) is 38.5 Å². The molecular weight excluding hydrogens is 376 g/mol. The van der Waals surface area contributed by atoms with Gasteiger partial charge in [0.05, 0.1) is 29.9 Å². The molecule has 2 N–H and O–H groups in total. The lowest BCUT2D eigenvalue weighted by molar-refractivity contribution is -0.116. The molecule has 0 aromatic heterocycles. The minimum absolute atomic E-state index is 0.0152. The number of para-hydroxylation sites is 1. The molecule has 2 fully saturated rings. The second-order valence-electron chi connectivity index (χ2n) is 8.50. The van der Waals surface area contributed by atoms with Crippen LogP contribution in [0.5, 0.6) is 0 Å². The third-order valence-electron chi connectivity index (χ3n) is 6.34. The lowest BCUT2D eigenvalue weighted by Gasteiger charge is -2.28. The zero-order valence-electron chi connectivity index (χ0n) is 17.2. The highest BCUT2D eigenvalue weighted by Gasteiger charge is 2.24. The fourth-order valence-electron chi connectivity index (χ4n) is 4.84. The van der Waals surface area contributed by atoms with E-state index in [4.69, 9.17) is 0 Å². The van der Waals surface area contributed by atoms with E-state index < -0.39 is 0 Å². The Balaban J connectivity index is 1.39.